The lowest BCUT2D eigenvalue weighted by atomic mass is 10.1. The molecule has 0 saturated heterocycles. The first-order valence-electron chi connectivity index (χ1n) is 5.44. The minimum atomic E-state index is -0.178. The highest BCUT2D eigenvalue weighted by Crippen LogP contribution is 2.31. The smallest absolute Gasteiger partial charge is 0.195 e. The van der Waals surface area contributed by atoms with Gasteiger partial charge in [0.1, 0.15) is 0 Å². The van der Waals surface area contributed by atoms with E-state index in [1.165, 1.54) is 0 Å². The van der Waals surface area contributed by atoms with Gasteiger partial charge in [-0.05, 0) is 51.2 Å². The summed E-state index contributed by atoms with van der Waals surface area (Å²) in [6, 6.07) is 5.33. The van der Waals surface area contributed by atoms with Crippen molar-refractivity contribution in [2.24, 2.45) is 0 Å². The molecule has 6 heteroatoms. The van der Waals surface area contributed by atoms with Gasteiger partial charge in [0.05, 0.1) is 5.02 Å². The molecule has 96 valence electrons. The lowest BCUT2D eigenvalue weighted by Gasteiger charge is -2.22. The van der Waals surface area contributed by atoms with Gasteiger partial charge >= 0.3 is 0 Å². The fourth-order valence-corrected chi connectivity index (χ4v) is 2.67. The molecular weight excluding hydrogens is 289 g/mol. The van der Waals surface area contributed by atoms with Crippen molar-refractivity contribution in [3.63, 3.8) is 0 Å². The zero-order chi connectivity index (χ0) is 13.5. The van der Waals surface area contributed by atoms with E-state index in [-0.39, 0.29) is 5.54 Å². The third-order valence-corrected chi connectivity index (χ3v) is 3.34. The van der Waals surface area contributed by atoms with E-state index in [1.54, 1.807) is 12.1 Å². The topological polar surface area (TPSA) is 33.6 Å². The van der Waals surface area contributed by atoms with Crippen molar-refractivity contribution in [1.29, 1.82) is 0 Å². The Kier molecular flexibility index (Phi) is 3.54. The molecule has 0 aliphatic heterocycles. The maximum absolute atomic E-state index is 6.21. The van der Waals surface area contributed by atoms with Crippen molar-refractivity contribution >= 4 is 35.4 Å². The van der Waals surface area contributed by atoms with Crippen LogP contribution in [0.2, 0.25) is 10.0 Å². The van der Waals surface area contributed by atoms with Gasteiger partial charge in [0.25, 0.3) is 0 Å². The quantitative estimate of drug-likeness (QED) is 0.777. The molecule has 0 saturated carbocycles. The molecule has 1 N–H and O–H groups in total. The Morgan fingerprint density at radius 2 is 1.94 bits per heavy atom. The van der Waals surface area contributed by atoms with Gasteiger partial charge < -0.3 is 0 Å². The first-order valence-corrected chi connectivity index (χ1v) is 6.60. The van der Waals surface area contributed by atoms with Crippen LogP contribution in [0.25, 0.3) is 11.4 Å². The van der Waals surface area contributed by atoms with E-state index < -0.39 is 0 Å². The molecule has 0 radical (unpaired) electrons. The number of H-pyrrole nitrogens is 1. The molecule has 0 bridgehead atoms. The maximum Gasteiger partial charge on any atom is 0.195 e. The van der Waals surface area contributed by atoms with Gasteiger partial charge in [0.2, 0.25) is 0 Å². The summed E-state index contributed by atoms with van der Waals surface area (Å²) in [7, 11) is 0. The number of aromatic nitrogens is 3. The van der Waals surface area contributed by atoms with Crippen LogP contribution in [0, 0.1) is 4.77 Å². The normalized spacial score (nSPS) is 11.8. The fraction of sp³-hybridized carbons (Fsp3) is 0.333. The average molecular weight is 302 g/mol. The number of halogens is 2. The summed E-state index contributed by atoms with van der Waals surface area (Å²) in [5, 5.41) is 8.22. The summed E-state index contributed by atoms with van der Waals surface area (Å²) >= 11 is 17.4. The molecule has 2 rings (SSSR count). The molecule has 0 aliphatic rings. The van der Waals surface area contributed by atoms with Gasteiger partial charge in [-0.25, -0.2) is 0 Å². The molecule has 0 unspecified atom stereocenters. The predicted octanol–water partition coefficient (Wildman–Crippen LogP) is 4.67. The molecule has 0 spiro atoms. The highest BCUT2D eigenvalue weighted by molar-refractivity contribution is 7.71. The minimum absolute atomic E-state index is 0.178. The first-order chi connectivity index (χ1) is 8.30. The van der Waals surface area contributed by atoms with Gasteiger partial charge in [-0.2, -0.15) is 5.10 Å². The minimum Gasteiger partial charge on any atom is -0.295 e. The molecule has 0 aliphatic carbocycles. The molecule has 1 heterocycles. The standard InChI is InChI=1S/C12H13Cl2N3S/c1-12(2,3)17-10(15-16-11(17)18)8-5-4-7(13)6-9(8)14/h4-6H,1-3H3,(H,16,18). The largest absolute Gasteiger partial charge is 0.295 e. The molecule has 3 nitrogen and oxygen atoms in total. The summed E-state index contributed by atoms with van der Waals surface area (Å²) in [5.41, 5.74) is 0.630. The third-order valence-electron chi connectivity index (χ3n) is 2.52. The van der Waals surface area contributed by atoms with Crippen molar-refractivity contribution in [3.05, 3.63) is 33.0 Å². The number of aromatic amines is 1. The molecular formula is C12H13Cl2N3S. The van der Waals surface area contributed by atoms with Gasteiger partial charge in [-0.15, -0.1) is 0 Å². The number of nitrogens with one attached hydrogen (secondary N) is 1. The second-order valence-electron chi connectivity index (χ2n) is 4.98. The highest BCUT2D eigenvalue weighted by atomic mass is 35.5. The van der Waals surface area contributed by atoms with Crippen LogP contribution in [-0.4, -0.2) is 14.8 Å². The van der Waals surface area contributed by atoms with Crippen LogP contribution in [0.1, 0.15) is 20.8 Å². The van der Waals surface area contributed by atoms with Crippen molar-refractivity contribution in [1.82, 2.24) is 14.8 Å². The molecule has 2 aromatic rings. The van der Waals surface area contributed by atoms with E-state index in [9.17, 15) is 0 Å². The van der Waals surface area contributed by atoms with Crippen LogP contribution in [0.3, 0.4) is 0 Å². The van der Waals surface area contributed by atoms with Crippen LogP contribution in [0.4, 0.5) is 0 Å². The van der Waals surface area contributed by atoms with Crippen LogP contribution < -0.4 is 0 Å². The Labute approximate surface area is 121 Å². The number of hydrogen-bond acceptors (Lipinski definition) is 2. The Morgan fingerprint density at radius 3 is 2.50 bits per heavy atom. The lowest BCUT2D eigenvalue weighted by Crippen LogP contribution is -2.23. The summed E-state index contributed by atoms with van der Waals surface area (Å²) in [5.74, 6) is 0.717. The summed E-state index contributed by atoms with van der Waals surface area (Å²) in [6.45, 7) is 6.18. The summed E-state index contributed by atoms with van der Waals surface area (Å²) < 4.78 is 2.51. The number of rotatable bonds is 1. The second-order valence-corrected chi connectivity index (χ2v) is 6.21. The molecule has 18 heavy (non-hydrogen) atoms. The van der Waals surface area contributed by atoms with Crippen molar-refractivity contribution in [2.75, 3.05) is 0 Å². The van der Waals surface area contributed by atoms with Gasteiger partial charge in [-0.1, -0.05) is 23.2 Å². The van der Waals surface area contributed by atoms with E-state index in [0.717, 1.165) is 5.56 Å². The zero-order valence-electron chi connectivity index (χ0n) is 10.3. The predicted molar refractivity (Wildman–Crippen MR) is 77.9 cm³/mol. The molecule has 0 amide bonds. The van der Waals surface area contributed by atoms with Gasteiger partial charge in [-0.3, -0.25) is 9.67 Å². The van der Waals surface area contributed by atoms with Crippen LogP contribution in [0.15, 0.2) is 18.2 Å². The number of benzene rings is 1. The van der Waals surface area contributed by atoms with E-state index in [1.807, 2.05) is 10.6 Å². The molecule has 0 atom stereocenters. The summed E-state index contributed by atoms with van der Waals surface area (Å²) in [4.78, 5) is 0. The zero-order valence-corrected chi connectivity index (χ0v) is 12.6. The van der Waals surface area contributed by atoms with Crippen molar-refractivity contribution in [2.45, 2.75) is 26.3 Å². The van der Waals surface area contributed by atoms with Crippen molar-refractivity contribution < 1.29 is 0 Å². The first kappa shape index (κ1) is 13.6. The number of hydrogen-bond donors (Lipinski definition) is 1. The van der Waals surface area contributed by atoms with E-state index >= 15 is 0 Å². The lowest BCUT2D eigenvalue weighted by molar-refractivity contribution is 0.395. The SMILES string of the molecule is CC(C)(C)n1c(-c2ccc(Cl)cc2Cl)n[nH]c1=S. The summed E-state index contributed by atoms with van der Waals surface area (Å²) in [6.07, 6.45) is 0. The molecule has 0 fully saturated rings. The Morgan fingerprint density at radius 1 is 1.28 bits per heavy atom. The molecule has 1 aromatic heterocycles. The van der Waals surface area contributed by atoms with E-state index in [0.29, 0.717) is 20.6 Å². The monoisotopic (exact) mass is 301 g/mol. The van der Waals surface area contributed by atoms with E-state index in [4.69, 9.17) is 35.4 Å². The van der Waals surface area contributed by atoms with Gasteiger partial charge in [0, 0.05) is 16.1 Å². The average Bonchev–Trinajstić information content (AvgIpc) is 2.59. The van der Waals surface area contributed by atoms with Crippen LogP contribution in [-0.2, 0) is 5.54 Å². The van der Waals surface area contributed by atoms with Crippen LogP contribution >= 0.6 is 35.4 Å². The van der Waals surface area contributed by atoms with E-state index in [2.05, 4.69) is 31.0 Å². The maximum atomic E-state index is 6.21. The Balaban J connectivity index is 2.69. The Bertz CT molecular complexity index is 638. The van der Waals surface area contributed by atoms with Crippen LogP contribution in [0.5, 0.6) is 0 Å². The van der Waals surface area contributed by atoms with Crippen molar-refractivity contribution in [3.8, 4) is 11.4 Å². The third kappa shape index (κ3) is 2.46. The van der Waals surface area contributed by atoms with Gasteiger partial charge in [0.15, 0.2) is 10.6 Å². The highest BCUT2D eigenvalue weighted by Gasteiger charge is 2.21. The number of nitrogens with zero attached hydrogens (tertiary/aromatic N) is 2. The second kappa shape index (κ2) is 4.68. The Hall–Kier alpha value is -0.840. The fourth-order valence-electron chi connectivity index (χ4n) is 1.77. The molecule has 1 aromatic carbocycles.